The van der Waals surface area contributed by atoms with Gasteiger partial charge in [-0.15, -0.1) is 17.5 Å². The van der Waals surface area contributed by atoms with E-state index in [0.717, 1.165) is 19.6 Å². The minimum atomic E-state index is -0.0503. The van der Waals surface area contributed by atoms with Crippen LogP contribution in [0.2, 0.25) is 0 Å². The van der Waals surface area contributed by atoms with Gasteiger partial charge < -0.3 is 10.2 Å². The van der Waals surface area contributed by atoms with Gasteiger partial charge in [-0.05, 0) is 45.1 Å². The number of aromatic nitrogens is 3. The van der Waals surface area contributed by atoms with Gasteiger partial charge in [0.15, 0.2) is 5.65 Å². The van der Waals surface area contributed by atoms with Crippen LogP contribution in [0.3, 0.4) is 0 Å². The highest BCUT2D eigenvalue weighted by atomic mass is 35.5. The first-order valence-electron chi connectivity index (χ1n) is 7.22. The van der Waals surface area contributed by atoms with Crippen molar-refractivity contribution in [2.24, 2.45) is 0 Å². The van der Waals surface area contributed by atoms with Crippen molar-refractivity contribution in [3.8, 4) is 0 Å². The number of nitrogens with zero attached hydrogens (tertiary/aromatic N) is 4. The van der Waals surface area contributed by atoms with Gasteiger partial charge in [-0.25, -0.2) is 9.48 Å². The Morgan fingerprint density at radius 2 is 2.05 bits per heavy atom. The van der Waals surface area contributed by atoms with E-state index in [-0.39, 0.29) is 18.1 Å². The number of pyridine rings is 1. The van der Waals surface area contributed by atoms with Gasteiger partial charge in [0.2, 0.25) is 0 Å². The second-order valence-electron chi connectivity index (χ2n) is 5.34. The summed E-state index contributed by atoms with van der Waals surface area (Å²) in [7, 11) is 2.02. The molecule has 0 atom stereocenters. The smallest absolute Gasteiger partial charge is 0.317 e. The molecule has 2 aromatic rings. The van der Waals surface area contributed by atoms with Crippen LogP contribution >= 0.6 is 12.4 Å². The van der Waals surface area contributed by atoms with Crippen molar-refractivity contribution in [3.05, 3.63) is 34.9 Å². The summed E-state index contributed by atoms with van der Waals surface area (Å²) >= 11 is 0. The molecule has 1 saturated heterocycles. The predicted molar refractivity (Wildman–Crippen MR) is 85.2 cm³/mol. The summed E-state index contributed by atoms with van der Waals surface area (Å²) in [5, 5.41) is 7.68. The summed E-state index contributed by atoms with van der Waals surface area (Å²) in [6, 6.07) is 6.25. The maximum atomic E-state index is 12.1. The van der Waals surface area contributed by atoms with E-state index in [4.69, 9.17) is 0 Å². The summed E-state index contributed by atoms with van der Waals surface area (Å²) in [4.78, 5) is 14.5. The van der Waals surface area contributed by atoms with Crippen LogP contribution in [-0.2, 0) is 6.54 Å². The van der Waals surface area contributed by atoms with Crippen LogP contribution < -0.4 is 11.0 Å². The minimum Gasteiger partial charge on any atom is -0.317 e. The van der Waals surface area contributed by atoms with Crippen molar-refractivity contribution < 1.29 is 0 Å². The zero-order chi connectivity index (χ0) is 13.9. The van der Waals surface area contributed by atoms with E-state index in [1.165, 1.54) is 12.8 Å². The lowest BCUT2D eigenvalue weighted by Crippen LogP contribution is -2.42. The SMILES string of the molecule is CNC1CCN(CCn2nc3ccccn3c2=O)CC1.Cl. The van der Waals surface area contributed by atoms with E-state index >= 15 is 0 Å². The average Bonchev–Trinajstić information content (AvgIpc) is 2.83. The molecule has 2 aromatic heterocycles. The fraction of sp³-hybridized carbons (Fsp3) is 0.571. The lowest BCUT2D eigenvalue weighted by Gasteiger charge is -2.31. The van der Waals surface area contributed by atoms with Crippen LogP contribution in [0, 0.1) is 0 Å². The van der Waals surface area contributed by atoms with Crippen molar-refractivity contribution in [1.29, 1.82) is 0 Å². The normalized spacial score (nSPS) is 17.0. The molecule has 0 unspecified atom stereocenters. The Labute approximate surface area is 130 Å². The van der Waals surface area contributed by atoms with E-state index in [1.54, 1.807) is 15.3 Å². The first-order chi connectivity index (χ1) is 9.78. The molecule has 0 bridgehead atoms. The van der Waals surface area contributed by atoms with Gasteiger partial charge in [0.25, 0.3) is 0 Å². The highest BCUT2D eigenvalue weighted by Gasteiger charge is 2.17. The Bertz CT molecular complexity index is 630. The van der Waals surface area contributed by atoms with Crippen molar-refractivity contribution in [3.63, 3.8) is 0 Å². The Hall–Kier alpha value is -1.37. The number of hydrogen-bond donors (Lipinski definition) is 1. The zero-order valence-electron chi connectivity index (χ0n) is 12.2. The topological polar surface area (TPSA) is 54.6 Å². The number of rotatable bonds is 4. The zero-order valence-corrected chi connectivity index (χ0v) is 13.1. The number of piperidine rings is 1. The molecule has 0 spiro atoms. The highest BCUT2D eigenvalue weighted by Crippen LogP contribution is 2.09. The van der Waals surface area contributed by atoms with Gasteiger partial charge in [-0.2, -0.15) is 0 Å². The fourth-order valence-electron chi connectivity index (χ4n) is 2.80. The van der Waals surface area contributed by atoms with Crippen LogP contribution in [0.25, 0.3) is 5.65 Å². The molecule has 21 heavy (non-hydrogen) atoms. The van der Waals surface area contributed by atoms with Gasteiger partial charge in [-0.3, -0.25) is 4.40 Å². The van der Waals surface area contributed by atoms with Gasteiger partial charge in [0.1, 0.15) is 0 Å². The van der Waals surface area contributed by atoms with Gasteiger partial charge in [0.05, 0.1) is 6.54 Å². The third-order valence-electron chi connectivity index (χ3n) is 4.11. The molecule has 0 saturated carbocycles. The van der Waals surface area contributed by atoms with Crippen LogP contribution in [0.1, 0.15) is 12.8 Å². The van der Waals surface area contributed by atoms with Gasteiger partial charge in [0, 0.05) is 18.8 Å². The number of halogens is 1. The predicted octanol–water partition coefficient (Wildman–Crippen LogP) is 0.602. The Kier molecular flexibility index (Phi) is 5.39. The summed E-state index contributed by atoms with van der Waals surface area (Å²) in [6.07, 6.45) is 4.12. The quantitative estimate of drug-likeness (QED) is 0.898. The Morgan fingerprint density at radius 1 is 1.29 bits per heavy atom. The number of hydrogen-bond acceptors (Lipinski definition) is 4. The van der Waals surface area contributed by atoms with E-state index in [1.807, 2.05) is 25.2 Å². The van der Waals surface area contributed by atoms with E-state index in [0.29, 0.717) is 18.2 Å². The monoisotopic (exact) mass is 311 g/mol. The second-order valence-corrected chi connectivity index (χ2v) is 5.34. The largest absolute Gasteiger partial charge is 0.350 e. The molecule has 1 aliphatic heterocycles. The summed E-state index contributed by atoms with van der Waals surface area (Å²) in [6.45, 7) is 3.73. The molecular formula is C14H22ClN5O. The molecule has 3 rings (SSSR count). The van der Waals surface area contributed by atoms with Gasteiger partial charge >= 0.3 is 5.69 Å². The van der Waals surface area contributed by atoms with E-state index in [2.05, 4.69) is 15.3 Å². The lowest BCUT2D eigenvalue weighted by molar-refractivity contribution is 0.192. The molecule has 1 fully saturated rings. The summed E-state index contributed by atoms with van der Waals surface area (Å²) in [5.41, 5.74) is 0.664. The Morgan fingerprint density at radius 3 is 2.71 bits per heavy atom. The molecule has 1 N–H and O–H groups in total. The Balaban J connectivity index is 0.00000161. The molecule has 0 aliphatic carbocycles. The maximum absolute atomic E-state index is 12.1. The third-order valence-corrected chi connectivity index (χ3v) is 4.11. The molecule has 3 heterocycles. The molecule has 6 nitrogen and oxygen atoms in total. The first-order valence-corrected chi connectivity index (χ1v) is 7.22. The van der Waals surface area contributed by atoms with Gasteiger partial charge in [-0.1, -0.05) is 6.07 Å². The number of fused-ring (bicyclic) bond motifs is 1. The molecule has 0 amide bonds. The maximum Gasteiger partial charge on any atom is 0.350 e. The van der Waals surface area contributed by atoms with Crippen LogP contribution in [0.4, 0.5) is 0 Å². The highest BCUT2D eigenvalue weighted by molar-refractivity contribution is 5.85. The second kappa shape index (κ2) is 7.06. The summed E-state index contributed by atoms with van der Waals surface area (Å²) < 4.78 is 3.16. The van der Waals surface area contributed by atoms with Crippen LogP contribution in [-0.4, -0.2) is 51.8 Å². The molecule has 7 heteroatoms. The first kappa shape index (κ1) is 16.0. The van der Waals surface area contributed by atoms with Crippen molar-refractivity contribution in [2.45, 2.75) is 25.4 Å². The van der Waals surface area contributed by atoms with Crippen molar-refractivity contribution in [2.75, 3.05) is 26.7 Å². The third kappa shape index (κ3) is 3.45. The van der Waals surface area contributed by atoms with Crippen LogP contribution in [0.5, 0.6) is 0 Å². The van der Waals surface area contributed by atoms with Crippen LogP contribution in [0.15, 0.2) is 29.2 Å². The number of likely N-dealkylation sites (tertiary alicyclic amines) is 1. The molecular weight excluding hydrogens is 290 g/mol. The standard InChI is InChI=1S/C14H21N5O.ClH/c1-15-12-5-8-17(9-6-12)10-11-19-14(20)18-7-3-2-4-13(18)16-19;/h2-4,7,12,15H,5-6,8-11H2,1H3;1H. The van der Waals surface area contributed by atoms with E-state index < -0.39 is 0 Å². The van der Waals surface area contributed by atoms with Crippen molar-refractivity contribution in [1.82, 2.24) is 24.4 Å². The lowest BCUT2D eigenvalue weighted by atomic mass is 10.1. The van der Waals surface area contributed by atoms with E-state index in [9.17, 15) is 4.79 Å². The minimum absolute atomic E-state index is 0. The molecule has 0 aromatic carbocycles. The molecule has 1 aliphatic rings. The summed E-state index contributed by atoms with van der Waals surface area (Å²) in [5.74, 6) is 0. The fourth-order valence-corrected chi connectivity index (χ4v) is 2.80. The molecule has 0 radical (unpaired) electrons. The molecule has 116 valence electrons. The average molecular weight is 312 g/mol. The number of nitrogens with one attached hydrogen (secondary N) is 1. The van der Waals surface area contributed by atoms with Crippen molar-refractivity contribution >= 4 is 18.1 Å².